The molecule has 0 aliphatic carbocycles. The van der Waals surface area contributed by atoms with E-state index in [0.717, 1.165) is 23.3 Å². The van der Waals surface area contributed by atoms with Gasteiger partial charge in [-0.15, -0.1) is 0 Å². The van der Waals surface area contributed by atoms with Crippen molar-refractivity contribution in [3.63, 3.8) is 0 Å². The van der Waals surface area contributed by atoms with E-state index in [-0.39, 0.29) is 6.04 Å². The molecular weight excluding hydrogens is 267 g/mol. The highest BCUT2D eigenvalue weighted by atomic mass is 19.4. The van der Waals surface area contributed by atoms with Crippen molar-refractivity contribution in [1.29, 1.82) is 0 Å². The van der Waals surface area contributed by atoms with E-state index >= 15 is 0 Å². The molecule has 0 aliphatic rings. The first-order valence-corrected chi connectivity index (χ1v) is 6.03. The Bertz CT molecular complexity index is 538. The third-order valence-corrected chi connectivity index (χ3v) is 3.01. The number of hydrogen-bond acceptors (Lipinski definition) is 3. The quantitative estimate of drug-likeness (QED) is 0.669. The minimum Gasteiger partial charge on any atom is -0.271 e. The van der Waals surface area contributed by atoms with Gasteiger partial charge in [0.05, 0.1) is 11.6 Å². The number of aromatic nitrogens is 1. The lowest BCUT2D eigenvalue weighted by molar-refractivity contribution is -0.137. The van der Waals surface area contributed by atoms with Gasteiger partial charge in [0.25, 0.3) is 0 Å². The molecule has 1 unspecified atom stereocenters. The number of nitrogens with zero attached hydrogens (tertiary/aromatic N) is 1. The van der Waals surface area contributed by atoms with E-state index in [4.69, 9.17) is 5.84 Å². The summed E-state index contributed by atoms with van der Waals surface area (Å²) in [6, 6.07) is 8.53. The number of nitrogens with one attached hydrogen (secondary N) is 1. The number of halogens is 3. The molecule has 0 spiro atoms. The van der Waals surface area contributed by atoms with Crippen molar-refractivity contribution < 1.29 is 13.2 Å². The molecule has 2 rings (SSSR count). The zero-order valence-corrected chi connectivity index (χ0v) is 10.6. The lowest BCUT2D eigenvalue weighted by Gasteiger charge is -2.16. The Balaban J connectivity index is 2.13. The highest BCUT2D eigenvalue weighted by molar-refractivity contribution is 5.27. The van der Waals surface area contributed by atoms with E-state index in [1.165, 1.54) is 12.1 Å². The molecule has 1 atom stereocenters. The third kappa shape index (κ3) is 3.55. The van der Waals surface area contributed by atoms with Gasteiger partial charge in [-0.25, -0.2) is 0 Å². The van der Waals surface area contributed by atoms with Gasteiger partial charge in [-0.05, 0) is 35.7 Å². The highest BCUT2D eigenvalue weighted by Gasteiger charge is 2.29. The Hall–Kier alpha value is -1.92. The number of nitrogens with two attached hydrogens (primary N) is 1. The minimum atomic E-state index is -4.31. The predicted molar refractivity (Wildman–Crippen MR) is 69.4 cm³/mol. The lowest BCUT2D eigenvalue weighted by Crippen LogP contribution is -2.29. The molecule has 3 N–H and O–H groups in total. The van der Waals surface area contributed by atoms with E-state index in [9.17, 15) is 13.2 Å². The summed E-state index contributed by atoms with van der Waals surface area (Å²) in [4.78, 5) is 4.00. The van der Waals surface area contributed by atoms with Gasteiger partial charge in [-0.1, -0.05) is 18.2 Å². The fourth-order valence-corrected chi connectivity index (χ4v) is 1.92. The summed E-state index contributed by atoms with van der Waals surface area (Å²) in [6.45, 7) is 0. The number of hydrazine groups is 1. The number of hydrogen-bond donors (Lipinski definition) is 2. The number of benzene rings is 1. The standard InChI is InChI=1S/C14H14F3N3/c15-14(16,17)12-5-3-10(4-6-12)8-13(20-18)11-2-1-7-19-9-11/h1-7,9,13,20H,8,18H2. The van der Waals surface area contributed by atoms with Crippen molar-refractivity contribution in [2.45, 2.75) is 18.6 Å². The summed E-state index contributed by atoms with van der Waals surface area (Å²) in [6.07, 6.45) is -0.502. The van der Waals surface area contributed by atoms with E-state index in [1.54, 1.807) is 18.5 Å². The highest BCUT2D eigenvalue weighted by Crippen LogP contribution is 2.29. The molecule has 0 bridgehead atoms. The molecule has 0 radical (unpaired) electrons. The molecule has 2 aromatic rings. The smallest absolute Gasteiger partial charge is 0.271 e. The maximum Gasteiger partial charge on any atom is 0.416 e. The first-order valence-electron chi connectivity index (χ1n) is 6.03. The zero-order valence-electron chi connectivity index (χ0n) is 10.6. The Kier molecular flexibility index (Phi) is 4.36. The normalized spacial score (nSPS) is 13.2. The Morgan fingerprint density at radius 1 is 1.15 bits per heavy atom. The fraction of sp³-hybridized carbons (Fsp3) is 0.214. The van der Waals surface area contributed by atoms with Gasteiger partial charge in [0.2, 0.25) is 0 Å². The van der Waals surface area contributed by atoms with Gasteiger partial charge >= 0.3 is 6.18 Å². The van der Waals surface area contributed by atoms with Crippen molar-refractivity contribution in [3.8, 4) is 0 Å². The first kappa shape index (κ1) is 14.5. The van der Waals surface area contributed by atoms with Crippen LogP contribution in [0.2, 0.25) is 0 Å². The molecule has 0 fully saturated rings. The van der Waals surface area contributed by atoms with Gasteiger partial charge in [-0.3, -0.25) is 16.3 Å². The lowest BCUT2D eigenvalue weighted by atomic mass is 10.00. The molecule has 0 amide bonds. The molecule has 0 saturated carbocycles. The summed E-state index contributed by atoms with van der Waals surface area (Å²) in [7, 11) is 0. The van der Waals surface area contributed by atoms with E-state index in [2.05, 4.69) is 10.4 Å². The van der Waals surface area contributed by atoms with Crippen LogP contribution in [0.5, 0.6) is 0 Å². The van der Waals surface area contributed by atoms with Crippen LogP contribution in [0.1, 0.15) is 22.7 Å². The number of alkyl halides is 3. The molecule has 106 valence electrons. The van der Waals surface area contributed by atoms with Gasteiger partial charge < -0.3 is 0 Å². The van der Waals surface area contributed by atoms with Crippen LogP contribution in [0, 0.1) is 0 Å². The number of pyridine rings is 1. The van der Waals surface area contributed by atoms with Gasteiger partial charge in [0, 0.05) is 12.4 Å². The molecule has 6 heteroatoms. The van der Waals surface area contributed by atoms with E-state index in [1.807, 2.05) is 6.07 Å². The number of rotatable bonds is 4. The molecule has 20 heavy (non-hydrogen) atoms. The summed E-state index contributed by atoms with van der Waals surface area (Å²) >= 11 is 0. The van der Waals surface area contributed by atoms with Crippen LogP contribution in [0.4, 0.5) is 13.2 Å². The Labute approximate surface area is 114 Å². The topological polar surface area (TPSA) is 50.9 Å². The minimum absolute atomic E-state index is 0.194. The summed E-state index contributed by atoms with van der Waals surface area (Å²) in [5, 5.41) is 0. The second-order valence-electron chi connectivity index (χ2n) is 4.40. The fourth-order valence-electron chi connectivity index (χ4n) is 1.92. The van der Waals surface area contributed by atoms with Crippen LogP contribution in [0.3, 0.4) is 0 Å². The molecule has 1 heterocycles. The van der Waals surface area contributed by atoms with Crippen LogP contribution in [-0.2, 0) is 12.6 Å². The monoisotopic (exact) mass is 281 g/mol. The van der Waals surface area contributed by atoms with Crippen LogP contribution in [-0.4, -0.2) is 4.98 Å². The predicted octanol–water partition coefficient (Wildman–Crippen LogP) is 2.85. The maximum absolute atomic E-state index is 12.5. The summed E-state index contributed by atoms with van der Waals surface area (Å²) < 4.78 is 37.4. The molecule has 3 nitrogen and oxygen atoms in total. The van der Waals surface area contributed by atoms with Crippen LogP contribution < -0.4 is 11.3 Å². The second-order valence-corrected chi connectivity index (χ2v) is 4.40. The van der Waals surface area contributed by atoms with Gasteiger partial charge in [0.1, 0.15) is 0 Å². The molecule has 1 aromatic heterocycles. The molecule has 1 aromatic carbocycles. The average Bonchev–Trinajstić information content (AvgIpc) is 2.45. The second kappa shape index (κ2) is 6.02. The van der Waals surface area contributed by atoms with Crippen molar-refractivity contribution in [1.82, 2.24) is 10.4 Å². The SMILES string of the molecule is NNC(Cc1ccc(C(F)(F)F)cc1)c1cccnc1. The Morgan fingerprint density at radius 2 is 1.85 bits per heavy atom. The van der Waals surface area contributed by atoms with Crippen molar-refractivity contribution >= 4 is 0 Å². The van der Waals surface area contributed by atoms with Crippen molar-refractivity contribution in [2.24, 2.45) is 5.84 Å². The van der Waals surface area contributed by atoms with Crippen LogP contribution in [0.25, 0.3) is 0 Å². The van der Waals surface area contributed by atoms with E-state index < -0.39 is 11.7 Å². The third-order valence-electron chi connectivity index (χ3n) is 3.01. The molecule has 0 aliphatic heterocycles. The maximum atomic E-state index is 12.5. The average molecular weight is 281 g/mol. The van der Waals surface area contributed by atoms with Crippen molar-refractivity contribution in [2.75, 3.05) is 0 Å². The van der Waals surface area contributed by atoms with Gasteiger partial charge in [0.15, 0.2) is 0 Å². The van der Waals surface area contributed by atoms with E-state index in [0.29, 0.717) is 6.42 Å². The summed E-state index contributed by atoms with van der Waals surface area (Å²) in [5.74, 6) is 5.49. The van der Waals surface area contributed by atoms with Crippen molar-refractivity contribution in [3.05, 3.63) is 65.5 Å². The van der Waals surface area contributed by atoms with Gasteiger partial charge in [-0.2, -0.15) is 13.2 Å². The zero-order chi connectivity index (χ0) is 14.6. The largest absolute Gasteiger partial charge is 0.416 e. The summed E-state index contributed by atoms with van der Waals surface area (Å²) in [5.41, 5.74) is 3.65. The first-order chi connectivity index (χ1) is 9.50. The Morgan fingerprint density at radius 3 is 2.35 bits per heavy atom. The molecular formula is C14H14F3N3. The van der Waals surface area contributed by atoms with Crippen LogP contribution in [0.15, 0.2) is 48.8 Å². The molecule has 0 saturated heterocycles. The van der Waals surface area contributed by atoms with Crippen LogP contribution >= 0.6 is 0 Å².